The summed E-state index contributed by atoms with van der Waals surface area (Å²) < 4.78 is 6.80. The van der Waals surface area contributed by atoms with E-state index in [1.54, 1.807) is 0 Å². The molecular weight excluding hydrogens is 140 g/mol. The minimum atomic E-state index is -2.74. The average Bonchev–Trinajstić information content (AvgIpc) is 2.01. The molecule has 0 heterocycles. The first-order valence-electron chi connectivity index (χ1n) is 3.11. The van der Waals surface area contributed by atoms with Gasteiger partial charge >= 0.3 is 0 Å². The summed E-state index contributed by atoms with van der Waals surface area (Å²) in [7, 11) is 0. The van der Waals surface area contributed by atoms with Crippen LogP contribution < -0.4 is 0 Å². The molecule has 0 aromatic carbocycles. The fourth-order valence-electron chi connectivity index (χ4n) is 0.360. The van der Waals surface area contributed by atoms with E-state index in [4.69, 9.17) is 21.8 Å². The molecule has 5 heteroatoms. The molecule has 0 bridgehead atoms. The van der Waals surface area contributed by atoms with E-state index < -0.39 is 24.9 Å². The summed E-state index contributed by atoms with van der Waals surface area (Å²) in [4.78, 5) is 9.85. The van der Waals surface area contributed by atoms with Crippen LogP contribution in [-0.2, 0) is 4.79 Å². The van der Waals surface area contributed by atoms with Crippen LogP contribution in [0, 0.1) is 0 Å². The van der Waals surface area contributed by atoms with Crippen molar-refractivity contribution in [3.8, 4) is 0 Å². The third kappa shape index (κ3) is 2.40. The third-order valence-corrected chi connectivity index (χ3v) is 0.946. The molecule has 0 amide bonds. The van der Waals surface area contributed by atoms with Crippen molar-refractivity contribution in [3.05, 3.63) is 0 Å². The van der Waals surface area contributed by atoms with Crippen molar-refractivity contribution in [2.45, 2.75) is 18.3 Å². The van der Waals surface area contributed by atoms with E-state index in [0.29, 0.717) is 0 Å². The number of rotatable bonds is 4. The molecule has 0 radical (unpaired) electrons. The Hall–Kier alpha value is -0.490. The van der Waals surface area contributed by atoms with Gasteiger partial charge in [-0.05, 0) is 0 Å². The second-order valence-electron chi connectivity index (χ2n) is 1.70. The SMILES string of the molecule is [2H][C@@](O)([C@H](O)CO)[C@@H](O)C=O. The summed E-state index contributed by atoms with van der Waals surface area (Å²) in [5.41, 5.74) is 0. The first kappa shape index (κ1) is 7.62. The monoisotopic (exact) mass is 151 g/mol. The van der Waals surface area contributed by atoms with Gasteiger partial charge in [0.05, 0.1) is 7.98 Å². The first-order chi connectivity index (χ1) is 4.96. The zero-order valence-electron chi connectivity index (χ0n) is 6.14. The molecular formula is C5H10O5. The lowest BCUT2D eigenvalue weighted by atomic mass is 10.1. The van der Waals surface area contributed by atoms with Crippen LogP contribution in [0.4, 0.5) is 0 Å². The number of carbonyl (C=O) groups excluding carboxylic acids is 1. The van der Waals surface area contributed by atoms with Crippen LogP contribution in [0.25, 0.3) is 0 Å². The van der Waals surface area contributed by atoms with Crippen molar-refractivity contribution >= 4 is 6.29 Å². The van der Waals surface area contributed by atoms with Gasteiger partial charge in [0.15, 0.2) is 6.29 Å². The van der Waals surface area contributed by atoms with Crippen LogP contribution in [0.1, 0.15) is 1.37 Å². The standard InChI is InChI=1S/C5H10O5/c6-1-3(8)5(10)4(9)2-7/h1,3-5,7-10H,2H2/t3-,4+,5-/m0/s1/i5D. The summed E-state index contributed by atoms with van der Waals surface area (Å²) in [6.45, 7) is -0.898. The van der Waals surface area contributed by atoms with Crippen molar-refractivity contribution in [2.75, 3.05) is 6.61 Å². The highest BCUT2D eigenvalue weighted by atomic mass is 16.4. The predicted octanol–water partition coefficient (Wildman–Crippen LogP) is -2.74. The summed E-state index contributed by atoms with van der Waals surface area (Å²) in [6, 6.07) is 0. The van der Waals surface area contributed by atoms with E-state index in [2.05, 4.69) is 0 Å². The van der Waals surface area contributed by atoms with E-state index in [-0.39, 0.29) is 6.29 Å². The van der Waals surface area contributed by atoms with Crippen molar-refractivity contribution in [1.82, 2.24) is 0 Å². The lowest BCUT2D eigenvalue weighted by Crippen LogP contribution is -2.40. The van der Waals surface area contributed by atoms with Crippen molar-refractivity contribution in [2.24, 2.45) is 0 Å². The van der Waals surface area contributed by atoms with Crippen LogP contribution in [0.15, 0.2) is 0 Å². The van der Waals surface area contributed by atoms with E-state index in [0.717, 1.165) is 0 Å². The molecule has 10 heavy (non-hydrogen) atoms. The molecule has 3 atom stereocenters. The molecule has 0 saturated heterocycles. The molecule has 5 nitrogen and oxygen atoms in total. The highest BCUT2D eigenvalue weighted by molar-refractivity contribution is 5.56. The van der Waals surface area contributed by atoms with Gasteiger partial charge in [0.2, 0.25) is 0 Å². The zero-order chi connectivity index (χ0) is 9.07. The molecule has 0 fully saturated rings. The van der Waals surface area contributed by atoms with Crippen LogP contribution in [0.3, 0.4) is 0 Å². The Morgan fingerprint density at radius 3 is 2.30 bits per heavy atom. The number of hydrogen-bond donors (Lipinski definition) is 4. The maximum atomic E-state index is 9.85. The zero-order valence-corrected chi connectivity index (χ0v) is 5.14. The molecule has 0 unspecified atom stereocenters. The molecule has 0 aromatic rings. The van der Waals surface area contributed by atoms with Crippen molar-refractivity contribution < 1.29 is 26.6 Å². The summed E-state index contributed by atoms with van der Waals surface area (Å²) in [5, 5.41) is 34.4. The van der Waals surface area contributed by atoms with Gasteiger partial charge in [0, 0.05) is 0 Å². The largest absolute Gasteiger partial charge is 0.394 e. The average molecular weight is 151 g/mol. The fourth-order valence-corrected chi connectivity index (χ4v) is 0.360. The molecule has 0 aromatic heterocycles. The minimum Gasteiger partial charge on any atom is -0.394 e. The highest BCUT2D eigenvalue weighted by Crippen LogP contribution is 1.96. The molecule has 0 aliphatic heterocycles. The number of aldehydes is 1. The van der Waals surface area contributed by atoms with Gasteiger partial charge in [0.1, 0.15) is 18.3 Å². The van der Waals surface area contributed by atoms with Crippen LogP contribution >= 0.6 is 0 Å². The molecule has 0 saturated carbocycles. The van der Waals surface area contributed by atoms with E-state index in [9.17, 15) is 4.79 Å². The minimum absolute atomic E-state index is 0.0914. The summed E-state index contributed by atoms with van der Waals surface area (Å²) in [5.74, 6) is 0. The molecule has 4 N–H and O–H groups in total. The Morgan fingerprint density at radius 1 is 1.50 bits per heavy atom. The summed E-state index contributed by atoms with van der Waals surface area (Å²) >= 11 is 0. The van der Waals surface area contributed by atoms with Gasteiger partial charge in [0.25, 0.3) is 0 Å². The fraction of sp³-hybridized carbons (Fsp3) is 0.800. The number of carbonyl (C=O) groups is 1. The molecule has 0 aliphatic carbocycles. The van der Waals surface area contributed by atoms with Gasteiger partial charge in [-0.2, -0.15) is 0 Å². The van der Waals surface area contributed by atoms with E-state index >= 15 is 0 Å². The Bertz CT molecular complexity index is 137. The van der Waals surface area contributed by atoms with Gasteiger partial charge in [-0.3, -0.25) is 0 Å². The molecule has 0 spiro atoms. The Labute approximate surface area is 58.9 Å². The van der Waals surface area contributed by atoms with Gasteiger partial charge in [-0.25, -0.2) is 0 Å². The number of aliphatic hydroxyl groups is 4. The topological polar surface area (TPSA) is 98.0 Å². The van der Waals surface area contributed by atoms with Crippen LogP contribution in [0.2, 0.25) is 0 Å². The number of aliphatic hydroxyl groups excluding tert-OH is 3. The predicted molar refractivity (Wildman–Crippen MR) is 31.2 cm³/mol. The Balaban J connectivity index is 4.29. The molecule has 0 rings (SSSR count). The van der Waals surface area contributed by atoms with E-state index in [1.807, 2.05) is 0 Å². The highest BCUT2D eigenvalue weighted by Gasteiger charge is 2.22. The molecule has 0 aliphatic rings. The Morgan fingerprint density at radius 2 is 2.00 bits per heavy atom. The van der Waals surface area contributed by atoms with Gasteiger partial charge < -0.3 is 25.2 Å². The first-order valence-corrected chi connectivity index (χ1v) is 2.61. The maximum Gasteiger partial charge on any atom is 0.151 e. The van der Waals surface area contributed by atoms with Gasteiger partial charge in [-0.15, -0.1) is 0 Å². The van der Waals surface area contributed by atoms with Crippen molar-refractivity contribution in [3.63, 3.8) is 0 Å². The van der Waals surface area contributed by atoms with Crippen LogP contribution in [0.5, 0.6) is 0 Å². The smallest absolute Gasteiger partial charge is 0.151 e. The lowest BCUT2D eigenvalue weighted by molar-refractivity contribution is -0.127. The normalized spacial score (nSPS) is 24.2. The second-order valence-corrected chi connectivity index (χ2v) is 1.70. The summed E-state index contributed by atoms with van der Waals surface area (Å²) in [6.07, 6.45) is -6.71. The lowest BCUT2D eigenvalue weighted by Gasteiger charge is -2.16. The van der Waals surface area contributed by atoms with Crippen molar-refractivity contribution in [1.29, 1.82) is 0 Å². The quantitative estimate of drug-likeness (QED) is 0.327. The van der Waals surface area contributed by atoms with Gasteiger partial charge in [-0.1, -0.05) is 0 Å². The second kappa shape index (κ2) is 4.35. The molecule has 60 valence electrons. The number of hydrogen-bond acceptors (Lipinski definition) is 5. The van der Waals surface area contributed by atoms with Crippen LogP contribution in [-0.4, -0.2) is 51.6 Å². The Kier molecular flexibility index (Phi) is 3.31. The third-order valence-electron chi connectivity index (χ3n) is 0.946. The maximum absolute atomic E-state index is 9.85. The van der Waals surface area contributed by atoms with E-state index in [1.165, 1.54) is 0 Å².